The molecule has 0 spiro atoms. The number of nitrogens with one attached hydrogen (secondary N) is 1. The molecule has 0 saturated carbocycles. The number of aryl methyl sites for hydroxylation is 1. The van der Waals surface area contributed by atoms with E-state index in [0.717, 1.165) is 17.7 Å². The van der Waals surface area contributed by atoms with Crippen molar-refractivity contribution < 1.29 is 14.3 Å². The average Bonchev–Trinajstić information content (AvgIpc) is 2.66. The van der Waals surface area contributed by atoms with Crippen LogP contribution in [0, 0.1) is 0 Å². The smallest absolute Gasteiger partial charge is 0.220 e. The summed E-state index contributed by atoms with van der Waals surface area (Å²) in [5, 5.41) is 3.19. The van der Waals surface area contributed by atoms with Crippen molar-refractivity contribution in [2.45, 2.75) is 30.2 Å². The van der Waals surface area contributed by atoms with Gasteiger partial charge in [-0.1, -0.05) is 30.3 Å². The highest BCUT2D eigenvalue weighted by Gasteiger charge is 2.22. The van der Waals surface area contributed by atoms with Gasteiger partial charge in [-0.25, -0.2) is 0 Å². The first-order valence-electron chi connectivity index (χ1n) is 8.44. The van der Waals surface area contributed by atoms with Crippen molar-refractivity contribution in [3.8, 4) is 11.5 Å². The molecule has 4 nitrogen and oxygen atoms in total. The first kappa shape index (κ1) is 17.7. The molecule has 0 saturated heterocycles. The fourth-order valence-corrected chi connectivity index (χ4v) is 4.28. The van der Waals surface area contributed by atoms with Crippen LogP contribution in [0.15, 0.2) is 47.4 Å². The number of thioether (sulfide) groups is 1. The normalized spacial score (nSPS) is 16.0. The molecule has 0 radical (unpaired) electrons. The van der Waals surface area contributed by atoms with E-state index in [1.54, 1.807) is 14.2 Å². The van der Waals surface area contributed by atoms with Gasteiger partial charge in [0.2, 0.25) is 5.91 Å². The minimum Gasteiger partial charge on any atom is -0.493 e. The van der Waals surface area contributed by atoms with Crippen molar-refractivity contribution >= 4 is 17.7 Å². The van der Waals surface area contributed by atoms with Crippen molar-refractivity contribution in [1.82, 2.24) is 5.32 Å². The summed E-state index contributed by atoms with van der Waals surface area (Å²) in [7, 11) is 3.24. The second-order valence-electron chi connectivity index (χ2n) is 5.95. The SMILES string of the molecule is COc1cccc(CCC(=O)N[C@H]2CCSc3ccccc32)c1OC. The predicted octanol–water partition coefficient (Wildman–Crippen LogP) is 3.99. The molecule has 0 aliphatic carbocycles. The lowest BCUT2D eigenvalue weighted by Gasteiger charge is -2.26. The van der Waals surface area contributed by atoms with Gasteiger partial charge in [0.25, 0.3) is 0 Å². The van der Waals surface area contributed by atoms with E-state index in [4.69, 9.17) is 9.47 Å². The largest absolute Gasteiger partial charge is 0.493 e. The molecule has 1 N–H and O–H groups in total. The van der Waals surface area contributed by atoms with E-state index in [0.29, 0.717) is 24.3 Å². The quantitative estimate of drug-likeness (QED) is 0.849. The molecule has 1 atom stereocenters. The number of carbonyl (C=O) groups excluding carboxylic acids is 1. The van der Waals surface area contributed by atoms with Crippen molar-refractivity contribution in [2.75, 3.05) is 20.0 Å². The van der Waals surface area contributed by atoms with Crippen LogP contribution >= 0.6 is 11.8 Å². The number of hydrogen-bond acceptors (Lipinski definition) is 4. The minimum atomic E-state index is 0.0663. The third-order valence-corrected chi connectivity index (χ3v) is 5.52. The topological polar surface area (TPSA) is 47.6 Å². The molecule has 5 heteroatoms. The van der Waals surface area contributed by atoms with E-state index < -0.39 is 0 Å². The zero-order chi connectivity index (χ0) is 17.6. The molecule has 1 aliphatic rings. The second kappa shape index (κ2) is 8.30. The fraction of sp³-hybridized carbons (Fsp3) is 0.350. The summed E-state index contributed by atoms with van der Waals surface area (Å²) in [6.07, 6.45) is 2.01. The molecule has 3 rings (SSSR count). The van der Waals surface area contributed by atoms with Crippen LogP contribution in [-0.2, 0) is 11.2 Å². The average molecular weight is 357 g/mol. The van der Waals surface area contributed by atoms with Crippen LogP contribution < -0.4 is 14.8 Å². The number of rotatable bonds is 6. The van der Waals surface area contributed by atoms with E-state index in [9.17, 15) is 4.79 Å². The molecule has 2 aromatic carbocycles. The van der Waals surface area contributed by atoms with E-state index in [1.807, 2.05) is 42.1 Å². The van der Waals surface area contributed by atoms with E-state index in [2.05, 4.69) is 17.4 Å². The zero-order valence-corrected chi connectivity index (χ0v) is 15.4. The Balaban J connectivity index is 1.63. The Bertz CT molecular complexity index is 747. The number of ether oxygens (including phenoxy) is 2. The summed E-state index contributed by atoms with van der Waals surface area (Å²) in [6.45, 7) is 0. The number of amides is 1. The Morgan fingerprint density at radius 3 is 2.80 bits per heavy atom. The fourth-order valence-electron chi connectivity index (χ4n) is 3.16. The van der Waals surface area contributed by atoms with Gasteiger partial charge in [0.15, 0.2) is 11.5 Å². The van der Waals surface area contributed by atoms with Gasteiger partial charge in [0, 0.05) is 17.1 Å². The molecule has 0 fully saturated rings. The van der Waals surface area contributed by atoms with E-state index >= 15 is 0 Å². The number of hydrogen-bond donors (Lipinski definition) is 1. The van der Waals surface area contributed by atoms with Crippen LogP contribution in [-0.4, -0.2) is 25.9 Å². The predicted molar refractivity (Wildman–Crippen MR) is 101 cm³/mol. The molecular formula is C20H23NO3S. The van der Waals surface area contributed by atoms with Crippen LogP contribution in [0.1, 0.15) is 30.0 Å². The molecule has 0 unspecified atom stereocenters. The highest BCUT2D eigenvalue weighted by molar-refractivity contribution is 7.99. The van der Waals surface area contributed by atoms with E-state index in [-0.39, 0.29) is 11.9 Å². The summed E-state index contributed by atoms with van der Waals surface area (Å²) in [5.41, 5.74) is 2.21. The molecule has 0 bridgehead atoms. The summed E-state index contributed by atoms with van der Waals surface area (Å²) in [6, 6.07) is 14.2. The third-order valence-electron chi connectivity index (χ3n) is 4.40. The molecule has 1 aliphatic heterocycles. The standard InChI is InChI=1S/C20H23NO3S/c1-23-17-8-5-6-14(20(17)24-2)10-11-19(22)21-16-12-13-25-18-9-4-3-7-15(16)18/h3-9,16H,10-13H2,1-2H3,(H,21,22)/t16-/m0/s1. The van der Waals surface area contributed by atoms with Crippen LogP contribution in [0.5, 0.6) is 11.5 Å². The molecular weight excluding hydrogens is 334 g/mol. The third kappa shape index (κ3) is 4.10. The van der Waals surface area contributed by atoms with Gasteiger partial charge >= 0.3 is 0 Å². The number of fused-ring (bicyclic) bond motifs is 1. The Morgan fingerprint density at radius 1 is 1.16 bits per heavy atom. The maximum Gasteiger partial charge on any atom is 0.220 e. The highest BCUT2D eigenvalue weighted by atomic mass is 32.2. The van der Waals surface area contributed by atoms with Gasteiger partial charge in [-0.15, -0.1) is 11.8 Å². The first-order valence-corrected chi connectivity index (χ1v) is 9.42. The minimum absolute atomic E-state index is 0.0663. The molecule has 2 aromatic rings. The van der Waals surface area contributed by atoms with Crippen LogP contribution in [0.2, 0.25) is 0 Å². The summed E-state index contributed by atoms with van der Waals surface area (Å²) >= 11 is 1.86. The first-order chi connectivity index (χ1) is 12.2. The van der Waals surface area contributed by atoms with Crippen LogP contribution in [0.25, 0.3) is 0 Å². The van der Waals surface area contributed by atoms with Gasteiger partial charge in [0.05, 0.1) is 20.3 Å². The maximum atomic E-state index is 12.5. The van der Waals surface area contributed by atoms with Gasteiger partial charge in [-0.3, -0.25) is 4.79 Å². The van der Waals surface area contributed by atoms with E-state index in [1.165, 1.54) is 10.5 Å². The maximum absolute atomic E-state index is 12.5. The number of benzene rings is 2. The Morgan fingerprint density at radius 2 is 2.00 bits per heavy atom. The Hall–Kier alpha value is -2.14. The van der Waals surface area contributed by atoms with Gasteiger partial charge in [0.1, 0.15) is 0 Å². The number of carbonyl (C=O) groups is 1. The summed E-state index contributed by atoms with van der Waals surface area (Å²) < 4.78 is 10.8. The Labute approximate surface area is 152 Å². The Kier molecular flexibility index (Phi) is 5.87. The van der Waals surface area contributed by atoms with Gasteiger partial charge < -0.3 is 14.8 Å². The molecule has 0 aromatic heterocycles. The summed E-state index contributed by atoms with van der Waals surface area (Å²) in [4.78, 5) is 13.7. The second-order valence-corrected chi connectivity index (χ2v) is 7.08. The van der Waals surface area contributed by atoms with Crippen LogP contribution in [0.4, 0.5) is 0 Å². The lowest BCUT2D eigenvalue weighted by atomic mass is 10.0. The zero-order valence-electron chi connectivity index (χ0n) is 14.6. The lowest BCUT2D eigenvalue weighted by molar-refractivity contribution is -0.121. The monoisotopic (exact) mass is 357 g/mol. The van der Waals surface area contributed by atoms with Crippen LogP contribution in [0.3, 0.4) is 0 Å². The van der Waals surface area contributed by atoms with Crippen molar-refractivity contribution in [3.05, 3.63) is 53.6 Å². The number of para-hydroxylation sites is 1. The molecule has 132 valence electrons. The molecule has 25 heavy (non-hydrogen) atoms. The van der Waals surface area contributed by atoms with Crippen molar-refractivity contribution in [2.24, 2.45) is 0 Å². The highest BCUT2D eigenvalue weighted by Crippen LogP contribution is 2.36. The van der Waals surface area contributed by atoms with Crippen molar-refractivity contribution in [1.29, 1.82) is 0 Å². The molecule has 1 amide bonds. The summed E-state index contributed by atoms with van der Waals surface area (Å²) in [5.74, 6) is 2.50. The lowest BCUT2D eigenvalue weighted by Crippen LogP contribution is -2.30. The van der Waals surface area contributed by atoms with Gasteiger partial charge in [-0.2, -0.15) is 0 Å². The van der Waals surface area contributed by atoms with Gasteiger partial charge in [-0.05, 0) is 36.1 Å². The number of methoxy groups -OCH3 is 2. The van der Waals surface area contributed by atoms with Crippen molar-refractivity contribution in [3.63, 3.8) is 0 Å². The molecule has 1 heterocycles.